The number of benzene rings is 1. The van der Waals surface area contributed by atoms with Gasteiger partial charge in [-0.25, -0.2) is 9.18 Å². The maximum Gasteiger partial charge on any atom is 0.396 e. The zero-order valence-corrected chi connectivity index (χ0v) is 14.6. The number of carbonyl (C=O) groups is 2. The lowest BCUT2D eigenvalue weighted by molar-refractivity contribution is -0.159. The molecule has 1 aromatic heterocycles. The normalized spacial score (nSPS) is 13.5. The number of pyridine rings is 1. The molecular formula is C19H19FN2O4. The van der Waals surface area contributed by atoms with Gasteiger partial charge >= 0.3 is 11.9 Å². The summed E-state index contributed by atoms with van der Waals surface area (Å²) < 4.78 is 24.2. The van der Waals surface area contributed by atoms with Gasteiger partial charge in [0.15, 0.2) is 0 Å². The Hall–Kier alpha value is -2.96. The highest BCUT2D eigenvalue weighted by Crippen LogP contribution is 2.29. The third-order valence-corrected chi connectivity index (χ3v) is 4.38. The molecular weight excluding hydrogens is 339 g/mol. The molecule has 1 aliphatic rings. The molecule has 6 nitrogen and oxygen atoms in total. The van der Waals surface area contributed by atoms with Gasteiger partial charge < -0.3 is 14.4 Å². The molecule has 0 bridgehead atoms. The first kappa shape index (κ1) is 17.8. The first-order chi connectivity index (χ1) is 12.5. The van der Waals surface area contributed by atoms with E-state index >= 15 is 0 Å². The standard InChI is InChI=1S/C19H19FN2O4/c1-12(17-15(20)4-3-8-21-17)22(18(23)19(24)25-2)11-13-5-6-14-7-9-26-16(14)10-13/h3-6,8,10,12H,7,9,11H2,1-2H3. The van der Waals surface area contributed by atoms with Crippen LogP contribution in [0.4, 0.5) is 4.39 Å². The quantitative estimate of drug-likeness (QED) is 0.620. The summed E-state index contributed by atoms with van der Waals surface area (Å²) in [5, 5.41) is 0. The van der Waals surface area contributed by atoms with Crippen molar-refractivity contribution in [3.63, 3.8) is 0 Å². The third kappa shape index (κ3) is 3.51. The molecule has 0 saturated heterocycles. The molecule has 1 atom stereocenters. The van der Waals surface area contributed by atoms with Gasteiger partial charge in [-0.3, -0.25) is 9.78 Å². The molecule has 0 N–H and O–H groups in total. The Morgan fingerprint density at radius 3 is 2.92 bits per heavy atom. The van der Waals surface area contributed by atoms with Crippen LogP contribution in [0, 0.1) is 5.82 Å². The molecule has 1 amide bonds. The Kier molecular flexibility index (Phi) is 5.16. The van der Waals surface area contributed by atoms with Gasteiger partial charge in [-0.2, -0.15) is 0 Å². The molecule has 136 valence electrons. The van der Waals surface area contributed by atoms with Crippen molar-refractivity contribution in [1.82, 2.24) is 9.88 Å². The van der Waals surface area contributed by atoms with E-state index in [-0.39, 0.29) is 12.2 Å². The van der Waals surface area contributed by atoms with Gasteiger partial charge in [-0.1, -0.05) is 12.1 Å². The zero-order chi connectivity index (χ0) is 18.7. The van der Waals surface area contributed by atoms with Crippen molar-refractivity contribution in [1.29, 1.82) is 0 Å². The van der Waals surface area contributed by atoms with Crippen molar-refractivity contribution in [2.45, 2.75) is 25.9 Å². The van der Waals surface area contributed by atoms with Crippen LogP contribution in [-0.2, 0) is 27.3 Å². The number of hydrogen-bond acceptors (Lipinski definition) is 5. The summed E-state index contributed by atoms with van der Waals surface area (Å²) in [5.74, 6) is -1.64. The molecule has 3 rings (SSSR count). The number of methoxy groups -OCH3 is 1. The summed E-state index contributed by atoms with van der Waals surface area (Å²) in [6.45, 7) is 2.34. The third-order valence-electron chi connectivity index (χ3n) is 4.38. The van der Waals surface area contributed by atoms with E-state index in [9.17, 15) is 14.0 Å². The van der Waals surface area contributed by atoms with Gasteiger partial charge in [0.25, 0.3) is 0 Å². The monoisotopic (exact) mass is 358 g/mol. The van der Waals surface area contributed by atoms with E-state index in [0.717, 1.165) is 30.4 Å². The van der Waals surface area contributed by atoms with Crippen LogP contribution < -0.4 is 4.74 Å². The minimum absolute atomic E-state index is 0.0853. The predicted octanol–water partition coefficient (Wildman–Crippen LogP) is 2.42. The summed E-state index contributed by atoms with van der Waals surface area (Å²) >= 11 is 0. The predicted molar refractivity (Wildman–Crippen MR) is 90.8 cm³/mol. The first-order valence-corrected chi connectivity index (χ1v) is 8.25. The van der Waals surface area contributed by atoms with E-state index in [1.54, 1.807) is 6.92 Å². The van der Waals surface area contributed by atoms with Gasteiger partial charge in [0.1, 0.15) is 11.6 Å². The highest BCUT2D eigenvalue weighted by molar-refractivity contribution is 6.32. The fourth-order valence-electron chi connectivity index (χ4n) is 2.95. The number of amides is 1. The number of carbonyl (C=O) groups excluding carboxylic acids is 2. The summed E-state index contributed by atoms with van der Waals surface area (Å²) in [6.07, 6.45) is 2.29. The molecule has 0 fully saturated rings. The van der Waals surface area contributed by atoms with Crippen LogP contribution in [-0.4, -0.2) is 35.5 Å². The van der Waals surface area contributed by atoms with Crippen molar-refractivity contribution >= 4 is 11.9 Å². The number of hydrogen-bond donors (Lipinski definition) is 0. The molecule has 0 radical (unpaired) electrons. The molecule has 0 spiro atoms. The molecule has 26 heavy (non-hydrogen) atoms. The second-order valence-corrected chi connectivity index (χ2v) is 6.01. The van der Waals surface area contributed by atoms with Crippen LogP contribution in [0.3, 0.4) is 0 Å². The van der Waals surface area contributed by atoms with Crippen molar-refractivity contribution in [2.24, 2.45) is 0 Å². The fraction of sp³-hybridized carbons (Fsp3) is 0.316. The number of esters is 1. The second kappa shape index (κ2) is 7.51. The van der Waals surface area contributed by atoms with Gasteiger partial charge in [-0.15, -0.1) is 0 Å². The van der Waals surface area contributed by atoms with Crippen LogP contribution in [0.15, 0.2) is 36.5 Å². The van der Waals surface area contributed by atoms with Gasteiger partial charge in [0, 0.05) is 19.2 Å². The summed E-state index contributed by atoms with van der Waals surface area (Å²) in [5.41, 5.74) is 1.96. The summed E-state index contributed by atoms with van der Waals surface area (Å²) in [4.78, 5) is 29.6. The number of aromatic nitrogens is 1. The Balaban J connectivity index is 1.92. The summed E-state index contributed by atoms with van der Waals surface area (Å²) in [6, 6.07) is 7.62. The minimum Gasteiger partial charge on any atom is -0.493 e. The SMILES string of the molecule is COC(=O)C(=O)N(Cc1ccc2c(c1)OCC2)C(C)c1ncccc1F. The van der Waals surface area contributed by atoms with Gasteiger partial charge in [0.05, 0.1) is 25.5 Å². The zero-order valence-electron chi connectivity index (χ0n) is 14.6. The second-order valence-electron chi connectivity index (χ2n) is 6.01. The fourth-order valence-corrected chi connectivity index (χ4v) is 2.95. The van der Waals surface area contributed by atoms with Crippen LogP contribution >= 0.6 is 0 Å². The lowest BCUT2D eigenvalue weighted by Gasteiger charge is -2.28. The highest BCUT2D eigenvalue weighted by Gasteiger charge is 2.30. The molecule has 0 saturated carbocycles. The number of fused-ring (bicyclic) bond motifs is 1. The van der Waals surface area contributed by atoms with Crippen molar-refractivity contribution in [2.75, 3.05) is 13.7 Å². The van der Waals surface area contributed by atoms with Crippen LogP contribution in [0.2, 0.25) is 0 Å². The van der Waals surface area contributed by atoms with E-state index < -0.39 is 23.7 Å². The highest BCUT2D eigenvalue weighted by atomic mass is 19.1. The van der Waals surface area contributed by atoms with Crippen molar-refractivity contribution in [3.05, 3.63) is 59.2 Å². The molecule has 2 heterocycles. The van der Waals surface area contributed by atoms with Crippen LogP contribution in [0.1, 0.15) is 29.8 Å². The summed E-state index contributed by atoms with van der Waals surface area (Å²) in [7, 11) is 1.13. The lowest BCUT2D eigenvalue weighted by Crippen LogP contribution is -2.39. The van der Waals surface area contributed by atoms with Gasteiger partial charge in [-0.05, 0) is 36.2 Å². The Labute approximate surface area is 150 Å². The van der Waals surface area contributed by atoms with Crippen LogP contribution in [0.5, 0.6) is 5.75 Å². The average molecular weight is 358 g/mol. The molecule has 2 aromatic rings. The first-order valence-electron chi connectivity index (χ1n) is 8.25. The molecule has 0 aliphatic carbocycles. The van der Waals surface area contributed by atoms with E-state index in [1.807, 2.05) is 18.2 Å². The number of rotatable bonds is 4. The number of nitrogens with zero attached hydrogens (tertiary/aromatic N) is 2. The molecule has 1 unspecified atom stereocenters. The maximum atomic E-state index is 14.1. The van der Waals surface area contributed by atoms with E-state index in [4.69, 9.17) is 4.74 Å². The van der Waals surface area contributed by atoms with Crippen molar-refractivity contribution in [3.8, 4) is 5.75 Å². The minimum atomic E-state index is -1.01. The van der Waals surface area contributed by atoms with E-state index in [2.05, 4.69) is 9.72 Å². The van der Waals surface area contributed by atoms with Crippen LogP contribution in [0.25, 0.3) is 0 Å². The molecule has 1 aromatic carbocycles. The molecule has 7 heteroatoms. The molecule has 1 aliphatic heterocycles. The Morgan fingerprint density at radius 1 is 1.38 bits per heavy atom. The Bertz CT molecular complexity index is 840. The topological polar surface area (TPSA) is 68.7 Å². The Morgan fingerprint density at radius 2 is 2.19 bits per heavy atom. The van der Waals surface area contributed by atoms with Crippen molar-refractivity contribution < 1.29 is 23.5 Å². The van der Waals surface area contributed by atoms with Gasteiger partial charge in [0.2, 0.25) is 0 Å². The van der Waals surface area contributed by atoms with E-state index in [1.165, 1.54) is 23.2 Å². The number of halogens is 1. The largest absolute Gasteiger partial charge is 0.493 e. The smallest absolute Gasteiger partial charge is 0.396 e. The average Bonchev–Trinajstić information content (AvgIpc) is 3.12. The maximum absolute atomic E-state index is 14.1. The van der Waals surface area contributed by atoms with E-state index in [0.29, 0.717) is 6.61 Å². The lowest BCUT2D eigenvalue weighted by atomic mass is 10.1. The number of ether oxygens (including phenoxy) is 2.